The minimum Gasteiger partial charge on any atom is -0.496 e. The summed E-state index contributed by atoms with van der Waals surface area (Å²) in [6.07, 6.45) is 0. The van der Waals surface area contributed by atoms with Crippen molar-refractivity contribution in [2.45, 2.75) is 6.92 Å². The zero-order chi connectivity index (χ0) is 14.5. The van der Waals surface area contributed by atoms with Gasteiger partial charge in [-0.3, -0.25) is 4.79 Å². The van der Waals surface area contributed by atoms with E-state index in [1.54, 1.807) is 43.5 Å². The molecule has 0 aliphatic heterocycles. The average Bonchev–Trinajstić information content (AvgIpc) is 2.46. The fourth-order valence-electron chi connectivity index (χ4n) is 1.93. The maximum Gasteiger partial charge on any atom is 0.181 e. The Morgan fingerprint density at radius 2 is 2.00 bits per heavy atom. The highest BCUT2D eigenvalue weighted by molar-refractivity contribution is 5.99. The molecule has 0 saturated heterocycles. The standard InChI is InChI=1S/C16H16FNO2/c1-11-9-12(7-8-16(11)20-2)15(19)10-18-14-6-4-3-5-13(14)17/h3-9,18H,10H2,1-2H3. The third kappa shape index (κ3) is 3.15. The van der Waals surface area contributed by atoms with Crippen molar-refractivity contribution in [1.29, 1.82) is 0 Å². The van der Waals surface area contributed by atoms with Gasteiger partial charge in [0.05, 0.1) is 19.3 Å². The van der Waals surface area contributed by atoms with E-state index in [2.05, 4.69) is 5.32 Å². The van der Waals surface area contributed by atoms with Crippen LogP contribution >= 0.6 is 0 Å². The van der Waals surface area contributed by atoms with Crippen molar-refractivity contribution in [3.05, 3.63) is 59.4 Å². The number of carbonyl (C=O) groups excluding carboxylic acids is 1. The van der Waals surface area contributed by atoms with Gasteiger partial charge in [-0.1, -0.05) is 12.1 Å². The lowest BCUT2D eigenvalue weighted by Crippen LogP contribution is -2.14. The van der Waals surface area contributed by atoms with Crippen molar-refractivity contribution in [3.63, 3.8) is 0 Å². The summed E-state index contributed by atoms with van der Waals surface area (Å²) >= 11 is 0. The molecule has 0 atom stereocenters. The Labute approximate surface area is 117 Å². The second kappa shape index (κ2) is 6.19. The predicted octanol–water partition coefficient (Wildman–Crippen LogP) is 3.44. The largest absolute Gasteiger partial charge is 0.496 e. The summed E-state index contributed by atoms with van der Waals surface area (Å²) in [6.45, 7) is 1.92. The van der Waals surface area contributed by atoms with Gasteiger partial charge in [0.2, 0.25) is 0 Å². The molecule has 3 nitrogen and oxygen atoms in total. The zero-order valence-electron chi connectivity index (χ0n) is 11.4. The summed E-state index contributed by atoms with van der Waals surface area (Å²) in [5.41, 5.74) is 1.79. The van der Waals surface area contributed by atoms with Gasteiger partial charge in [-0.05, 0) is 42.8 Å². The minimum absolute atomic E-state index is 0.0483. The number of para-hydroxylation sites is 1. The van der Waals surface area contributed by atoms with Crippen LogP contribution in [-0.4, -0.2) is 19.4 Å². The summed E-state index contributed by atoms with van der Waals surface area (Å²) in [5, 5.41) is 2.80. The third-order valence-electron chi connectivity index (χ3n) is 3.03. The molecule has 4 heteroatoms. The van der Waals surface area contributed by atoms with E-state index in [9.17, 15) is 9.18 Å². The zero-order valence-corrected chi connectivity index (χ0v) is 11.4. The number of methoxy groups -OCH3 is 1. The lowest BCUT2D eigenvalue weighted by molar-refractivity contribution is 0.101. The predicted molar refractivity (Wildman–Crippen MR) is 77.0 cm³/mol. The molecule has 0 unspecified atom stereocenters. The van der Waals surface area contributed by atoms with Gasteiger partial charge in [-0.2, -0.15) is 0 Å². The molecule has 0 radical (unpaired) electrons. The fourth-order valence-corrected chi connectivity index (χ4v) is 1.93. The molecule has 0 spiro atoms. The molecule has 0 aliphatic rings. The number of nitrogens with one attached hydrogen (secondary N) is 1. The van der Waals surface area contributed by atoms with Crippen molar-refractivity contribution >= 4 is 11.5 Å². The van der Waals surface area contributed by atoms with Crippen LogP contribution in [0, 0.1) is 12.7 Å². The lowest BCUT2D eigenvalue weighted by atomic mass is 10.1. The highest BCUT2D eigenvalue weighted by Gasteiger charge is 2.09. The summed E-state index contributed by atoms with van der Waals surface area (Å²) < 4.78 is 18.6. The molecule has 0 saturated carbocycles. The van der Waals surface area contributed by atoms with Crippen LogP contribution < -0.4 is 10.1 Å². The van der Waals surface area contributed by atoms with Crippen LogP contribution in [0.25, 0.3) is 0 Å². The summed E-state index contributed by atoms with van der Waals surface area (Å²) in [4.78, 5) is 12.1. The fraction of sp³-hybridized carbons (Fsp3) is 0.188. The van der Waals surface area contributed by atoms with Gasteiger partial charge in [0.1, 0.15) is 11.6 Å². The van der Waals surface area contributed by atoms with Gasteiger partial charge in [0.15, 0.2) is 5.78 Å². The van der Waals surface area contributed by atoms with E-state index in [1.807, 2.05) is 6.92 Å². The molecule has 0 aromatic heterocycles. The second-order valence-corrected chi connectivity index (χ2v) is 4.44. The molecular formula is C16H16FNO2. The molecular weight excluding hydrogens is 257 g/mol. The molecule has 0 heterocycles. The number of anilines is 1. The van der Waals surface area contributed by atoms with E-state index < -0.39 is 0 Å². The molecule has 0 amide bonds. The Bertz CT molecular complexity index is 626. The van der Waals surface area contributed by atoms with E-state index in [4.69, 9.17) is 4.74 Å². The van der Waals surface area contributed by atoms with Gasteiger partial charge in [-0.25, -0.2) is 4.39 Å². The van der Waals surface area contributed by atoms with E-state index in [0.717, 1.165) is 11.3 Å². The van der Waals surface area contributed by atoms with E-state index in [1.165, 1.54) is 6.07 Å². The van der Waals surface area contributed by atoms with E-state index in [0.29, 0.717) is 11.3 Å². The minimum atomic E-state index is -0.369. The molecule has 2 aromatic carbocycles. The van der Waals surface area contributed by atoms with Gasteiger partial charge in [0, 0.05) is 5.56 Å². The summed E-state index contributed by atoms with van der Waals surface area (Å²) in [5.74, 6) is 0.272. The molecule has 2 aromatic rings. The molecule has 20 heavy (non-hydrogen) atoms. The number of benzene rings is 2. The molecule has 0 aliphatic carbocycles. The Morgan fingerprint density at radius 1 is 1.25 bits per heavy atom. The van der Waals surface area contributed by atoms with Crippen molar-refractivity contribution in [1.82, 2.24) is 0 Å². The Kier molecular flexibility index (Phi) is 4.35. The molecule has 104 valence electrons. The Morgan fingerprint density at radius 3 is 2.65 bits per heavy atom. The molecule has 1 N–H and O–H groups in total. The van der Waals surface area contributed by atoms with Crippen LogP contribution in [0.5, 0.6) is 5.75 Å². The molecule has 2 rings (SSSR count). The quantitative estimate of drug-likeness (QED) is 0.848. The van der Waals surface area contributed by atoms with Crippen molar-refractivity contribution < 1.29 is 13.9 Å². The third-order valence-corrected chi connectivity index (χ3v) is 3.03. The molecule has 0 fully saturated rings. The van der Waals surface area contributed by atoms with Crippen LogP contribution in [0.2, 0.25) is 0 Å². The van der Waals surface area contributed by atoms with Crippen LogP contribution in [0.15, 0.2) is 42.5 Å². The van der Waals surface area contributed by atoms with Gasteiger partial charge in [0.25, 0.3) is 0 Å². The Balaban J connectivity index is 2.05. The highest BCUT2D eigenvalue weighted by Crippen LogP contribution is 2.19. The van der Waals surface area contributed by atoms with Crippen LogP contribution in [-0.2, 0) is 0 Å². The van der Waals surface area contributed by atoms with Crippen LogP contribution in [0.3, 0.4) is 0 Å². The number of rotatable bonds is 5. The van der Waals surface area contributed by atoms with E-state index >= 15 is 0 Å². The smallest absolute Gasteiger partial charge is 0.181 e. The first-order chi connectivity index (χ1) is 9.61. The maximum atomic E-state index is 13.4. The summed E-state index contributed by atoms with van der Waals surface area (Å²) in [6, 6.07) is 11.5. The second-order valence-electron chi connectivity index (χ2n) is 4.44. The number of ketones is 1. The van der Waals surface area contributed by atoms with Gasteiger partial charge >= 0.3 is 0 Å². The monoisotopic (exact) mass is 273 g/mol. The van der Waals surface area contributed by atoms with Crippen molar-refractivity contribution in [2.75, 3.05) is 19.0 Å². The average molecular weight is 273 g/mol. The number of hydrogen-bond donors (Lipinski definition) is 1. The number of ether oxygens (including phenoxy) is 1. The lowest BCUT2D eigenvalue weighted by Gasteiger charge is -2.09. The van der Waals surface area contributed by atoms with Crippen LogP contribution in [0.4, 0.5) is 10.1 Å². The topological polar surface area (TPSA) is 38.3 Å². The summed E-state index contributed by atoms with van der Waals surface area (Å²) in [7, 11) is 1.59. The number of carbonyl (C=O) groups is 1. The number of Topliss-reactive ketones (excluding diaryl/α,β-unsaturated/α-hetero) is 1. The van der Waals surface area contributed by atoms with Crippen molar-refractivity contribution in [3.8, 4) is 5.75 Å². The number of hydrogen-bond acceptors (Lipinski definition) is 3. The first kappa shape index (κ1) is 14.1. The van der Waals surface area contributed by atoms with E-state index in [-0.39, 0.29) is 18.1 Å². The first-order valence-corrected chi connectivity index (χ1v) is 6.28. The maximum absolute atomic E-state index is 13.4. The Hall–Kier alpha value is -2.36. The number of halogens is 1. The normalized spacial score (nSPS) is 10.2. The molecule has 0 bridgehead atoms. The SMILES string of the molecule is COc1ccc(C(=O)CNc2ccccc2F)cc1C. The first-order valence-electron chi connectivity index (χ1n) is 6.28. The van der Waals surface area contributed by atoms with Crippen LogP contribution in [0.1, 0.15) is 15.9 Å². The van der Waals surface area contributed by atoms with Gasteiger partial charge < -0.3 is 10.1 Å². The highest BCUT2D eigenvalue weighted by atomic mass is 19.1. The van der Waals surface area contributed by atoms with Gasteiger partial charge in [-0.15, -0.1) is 0 Å². The number of aryl methyl sites for hydroxylation is 1. The van der Waals surface area contributed by atoms with Crippen molar-refractivity contribution in [2.24, 2.45) is 0 Å².